The van der Waals surface area contributed by atoms with E-state index in [0.29, 0.717) is 29.1 Å². The molecule has 0 bridgehead atoms. The number of nitrogens with zero attached hydrogens (tertiary/aromatic N) is 3. The second-order valence-corrected chi connectivity index (χ2v) is 5.59. The fourth-order valence-electron chi connectivity index (χ4n) is 1.66. The molecule has 0 spiro atoms. The third kappa shape index (κ3) is 2.40. The topological polar surface area (TPSA) is 85.1 Å². The predicted molar refractivity (Wildman–Crippen MR) is 68.0 cm³/mol. The average Bonchev–Trinajstić information content (AvgIpc) is 2.78. The third-order valence-electron chi connectivity index (χ3n) is 2.63. The third-order valence-corrected chi connectivity index (χ3v) is 3.91. The monoisotopic (exact) mass is 267 g/mol. The first kappa shape index (κ1) is 12.7. The number of aryl methyl sites for hydroxylation is 1. The minimum atomic E-state index is -1.02. The molecule has 6 nitrogen and oxygen atoms in total. The van der Waals surface area contributed by atoms with E-state index in [2.05, 4.69) is 10.3 Å². The van der Waals surface area contributed by atoms with E-state index in [9.17, 15) is 9.00 Å². The van der Waals surface area contributed by atoms with Crippen molar-refractivity contribution in [3.05, 3.63) is 23.8 Å². The van der Waals surface area contributed by atoms with Crippen molar-refractivity contribution in [1.82, 2.24) is 15.0 Å². The fraction of sp³-hybridized carbons (Fsp3) is 0.364. The van der Waals surface area contributed by atoms with Crippen LogP contribution >= 0.6 is 0 Å². The second-order valence-electron chi connectivity index (χ2n) is 3.72. The Hall–Kier alpha value is -1.76. The van der Waals surface area contributed by atoms with Crippen molar-refractivity contribution in [2.24, 2.45) is 0 Å². The van der Waals surface area contributed by atoms with Crippen LogP contribution in [0.5, 0.6) is 0 Å². The maximum absolute atomic E-state index is 11.4. The smallest absolute Gasteiger partial charge is 0.338 e. The lowest BCUT2D eigenvalue weighted by Gasteiger charge is -2.01. The normalized spacial score (nSPS) is 12.7. The van der Waals surface area contributed by atoms with Crippen LogP contribution < -0.4 is 0 Å². The van der Waals surface area contributed by atoms with Gasteiger partial charge < -0.3 is 5.11 Å². The van der Waals surface area contributed by atoms with Gasteiger partial charge in [-0.05, 0) is 12.1 Å². The van der Waals surface area contributed by atoms with Crippen LogP contribution in [0.25, 0.3) is 11.0 Å². The molecule has 0 saturated heterocycles. The highest BCUT2D eigenvalue weighted by atomic mass is 32.2. The van der Waals surface area contributed by atoms with E-state index < -0.39 is 16.8 Å². The highest BCUT2D eigenvalue weighted by molar-refractivity contribution is 7.84. The zero-order valence-electron chi connectivity index (χ0n) is 9.87. The SMILES string of the molecule is CCS(=O)CCn1nnc2c(C(=O)O)cccc21. The van der Waals surface area contributed by atoms with Gasteiger partial charge in [-0.3, -0.25) is 4.21 Å². The summed E-state index contributed by atoms with van der Waals surface area (Å²) in [7, 11) is -0.874. The lowest BCUT2D eigenvalue weighted by atomic mass is 10.2. The van der Waals surface area contributed by atoms with Crippen LogP contribution in [0.4, 0.5) is 0 Å². The first-order valence-electron chi connectivity index (χ1n) is 5.54. The second kappa shape index (κ2) is 5.26. The van der Waals surface area contributed by atoms with Crippen molar-refractivity contribution in [1.29, 1.82) is 0 Å². The number of carbonyl (C=O) groups is 1. The summed E-state index contributed by atoms with van der Waals surface area (Å²) in [5.41, 5.74) is 1.16. The van der Waals surface area contributed by atoms with Crippen LogP contribution in [0, 0.1) is 0 Å². The van der Waals surface area contributed by atoms with Crippen molar-refractivity contribution >= 4 is 27.8 Å². The molecule has 1 N–H and O–H groups in total. The molecule has 96 valence electrons. The molecule has 0 fully saturated rings. The fourth-order valence-corrected chi connectivity index (χ4v) is 2.33. The Balaban J connectivity index is 2.34. The molecule has 0 aliphatic carbocycles. The highest BCUT2D eigenvalue weighted by Crippen LogP contribution is 2.15. The Kier molecular flexibility index (Phi) is 3.71. The summed E-state index contributed by atoms with van der Waals surface area (Å²) in [6.45, 7) is 2.33. The molecule has 0 radical (unpaired) electrons. The number of carboxylic acids is 1. The highest BCUT2D eigenvalue weighted by Gasteiger charge is 2.13. The number of carboxylic acid groups (broad SMARTS) is 1. The van der Waals surface area contributed by atoms with Crippen LogP contribution in [0.1, 0.15) is 17.3 Å². The van der Waals surface area contributed by atoms with Crippen LogP contribution in [0.3, 0.4) is 0 Å². The minimum absolute atomic E-state index is 0.135. The van der Waals surface area contributed by atoms with Gasteiger partial charge in [-0.25, -0.2) is 9.48 Å². The van der Waals surface area contributed by atoms with Gasteiger partial charge in [0.05, 0.1) is 17.6 Å². The summed E-state index contributed by atoms with van der Waals surface area (Å²) in [6.07, 6.45) is 0. The van der Waals surface area contributed by atoms with E-state index in [4.69, 9.17) is 5.11 Å². The quantitative estimate of drug-likeness (QED) is 0.870. The van der Waals surface area contributed by atoms with Gasteiger partial charge in [0.1, 0.15) is 5.52 Å². The van der Waals surface area contributed by atoms with E-state index in [0.717, 1.165) is 0 Å². The molecular formula is C11H13N3O3S. The van der Waals surface area contributed by atoms with Gasteiger partial charge in [0.15, 0.2) is 0 Å². The Morgan fingerprint density at radius 3 is 2.94 bits per heavy atom. The number of hydrogen-bond acceptors (Lipinski definition) is 4. The van der Waals surface area contributed by atoms with Gasteiger partial charge in [-0.1, -0.05) is 18.2 Å². The first-order valence-corrected chi connectivity index (χ1v) is 7.02. The summed E-state index contributed by atoms with van der Waals surface area (Å²) < 4.78 is 13.0. The van der Waals surface area contributed by atoms with Gasteiger partial charge in [0.25, 0.3) is 0 Å². The lowest BCUT2D eigenvalue weighted by molar-refractivity contribution is 0.0699. The van der Waals surface area contributed by atoms with E-state index in [-0.39, 0.29) is 5.56 Å². The van der Waals surface area contributed by atoms with E-state index in [1.165, 1.54) is 6.07 Å². The Labute approximate surface area is 106 Å². The van der Waals surface area contributed by atoms with E-state index in [1.807, 2.05) is 6.92 Å². The van der Waals surface area contributed by atoms with Crippen LogP contribution in [0.2, 0.25) is 0 Å². The number of aromatic carboxylic acids is 1. The van der Waals surface area contributed by atoms with Crippen LogP contribution in [-0.4, -0.2) is 41.8 Å². The number of hydrogen-bond donors (Lipinski definition) is 1. The maximum Gasteiger partial charge on any atom is 0.338 e. The van der Waals surface area contributed by atoms with Crippen LogP contribution in [0.15, 0.2) is 18.2 Å². The molecule has 0 amide bonds. The summed E-state index contributed by atoms with van der Waals surface area (Å²) in [5, 5.41) is 16.8. The van der Waals surface area contributed by atoms with Gasteiger partial charge in [-0.2, -0.15) is 0 Å². The Morgan fingerprint density at radius 2 is 2.28 bits per heavy atom. The molecule has 1 heterocycles. The molecule has 2 rings (SSSR count). The maximum atomic E-state index is 11.4. The van der Waals surface area contributed by atoms with Crippen molar-refractivity contribution in [3.63, 3.8) is 0 Å². The molecule has 2 aromatic rings. The lowest BCUT2D eigenvalue weighted by Crippen LogP contribution is -2.10. The van der Waals surface area contributed by atoms with E-state index >= 15 is 0 Å². The molecule has 1 aromatic heterocycles. The molecule has 0 saturated carbocycles. The van der Waals surface area contributed by atoms with Crippen molar-refractivity contribution in [2.45, 2.75) is 13.5 Å². The van der Waals surface area contributed by atoms with Gasteiger partial charge in [0.2, 0.25) is 0 Å². The molecular weight excluding hydrogens is 254 g/mol. The predicted octanol–water partition coefficient (Wildman–Crippen LogP) is 0.898. The summed E-state index contributed by atoms with van der Waals surface area (Å²) in [6, 6.07) is 4.91. The molecule has 1 unspecified atom stereocenters. The van der Waals surface area contributed by atoms with Crippen molar-refractivity contribution in [2.75, 3.05) is 11.5 Å². The van der Waals surface area contributed by atoms with Gasteiger partial charge >= 0.3 is 5.97 Å². The van der Waals surface area contributed by atoms with Gasteiger partial charge in [-0.15, -0.1) is 5.10 Å². The summed E-state index contributed by atoms with van der Waals surface area (Å²) in [5.74, 6) is 0.0731. The van der Waals surface area contributed by atoms with Crippen molar-refractivity contribution in [3.8, 4) is 0 Å². The molecule has 18 heavy (non-hydrogen) atoms. The zero-order valence-corrected chi connectivity index (χ0v) is 10.7. The van der Waals surface area contributed by atoms with Crippen LogP contribution in [-0.2, 0) is 17.3 Å². The molecule has 0 aliphatic heterocycles. The summed E-state index contributed by atoms with van der Waals surface area (Å²) >= 11 is 0. The summed E-state index contributed by atoms with van der Waals surface area (Å²) in [4.78, 5) is 11.0. The molecule has 0 aliphatic rings. The Morgan fingerprint density at radius 1 is 1.50 bits per heavy atom. The zero-order chi connectivity index (χ0) is 13.1. The number of aromatic nitrogens is 3. The number of fused-ring (bicyclic) bond motifs is 1. The Bertz CT molecular complexity index is 609. The number of rotatable bonds is 5. The standard InChI is InChI=1S/C11H13N3O3S/c1-2-18(17)7-6-14-9-5-3-4-8(11(15)16)10(9)12-13-14/h3-5H,2,6-7H2,1H3,(H,15,16). The first-order chi connectivity index (χ1) is 8.63. The minimum Gasteiger partial charge on any atom is -0.478 e. The van der Waals surface area contributed by atoms with E-state index in [1.54, 1.807) is 16.8 Å². The largest absolute Gasteiger partial charge is 0.478 e. The van der Waals surface area contributed by atoms with Crippen molar-refractivity contribution < 1.29 is 14.1 Å². The van der Waals surface area contributed by atoms with Gasteiger partial charge in [0, 0.05) is 22.3 Å². The molecule has 7 heteroatoms. The molecule has 1 aromatic carbocycles. The number of benzene rings is 1. The molecule has 1 atom stereocenters. The average molecular weight is 267 g/mol.